The van der Waals surface area contributed by atoms with Gasteiger partial charge in [0.2, 0.25) is 5.88 Å². The van der Waals surface area contributed by atoms with Crippen LogP contribution in [0, 0.1) is 0 Å². The Morgan fingerprint density at radius 2 is 1.94 bits per heavy atom. The van der Waals surface area contributed by atoms with E-state index in [-0.39, 0.29) is 17.5 Å². The zero-order valence-corrected chi connectivity index (χ0v) is 17.9. The lowest BCUT2D eigenvalue weighted by Crippen LogP contribution is -2.26. The van der Waals surface area contributed by atoms with Gasteiger partial charge in [0.15, 0.2) is 17.3 Å². The van der Waals surface area contributed by atoms with Gasteiger partial charge in [0.25, 0.3) is 0 Å². The van der Waals surface area contributed by atoms with Crippen LogP contribution in [0.1, 0.15) is 36.3 Å². The van der Waals surface area contributed by atoms with Gasteiger partial charge in [-0.25, -0.2) is 14.5 Å². The van der Waals surface area contributed by atoms with Crippen molar-refractivity contribution in [2.45, 2.75) is 25.2 Å². The molecule has 3 heterocycles. The summed E-state index contributed by atoms with van der Waals surface area (Å²) in [4.78, 5) is 22.3. The molecule has 1 aliphatic heterocycles. The van der Waals surface area contributed by atoms with Crippen molar-refractivity contribution in [1.82, 2.24) is 19.6 Å². The highest BCUT2D eigenvalue weighted by molar-refractivity contribution is 6.00. The van der Waals surface area contributed by atoms with E-state index in [0.29, 0.717) is 52.7 Å². The molecule has 8 nitrogen and oxygen atoms in total. The number of carbonyl (C=O) groups excluding carboxylic acids is 1. The van der Waals surface area contributed by atoms with E-state index < -0.39 is 0 Å². The van der Waals surface area contributed by atoms with E-state index in [2.05, 4.69) is 10.1 Å². The molecule has 2 aromatic carbocycles. The third kappa shape index (κ3) is 3.06. The van der Waals surface area contributed by atoms with Crippen molar-refractivity contribution < 1.29 is 19.4 Å². The highest BCUT2D eigenvalue weighted by atomic mass is 16.5. The molecule has 0 saturated heterocycles. The van der Waals surface area contributed by atoms with Crippen LogP contribution < -0.4 is 9.47 Å². The van der Waals surface area contributed by atoms with Gasteiger partial charge in [-0.1, -0.05) is 24.3 Å². The highest BCUT2D eigenvalue weighted by Crippen LogP contribution is 2.47. The molecule has 1 atom stereocenters. The van der Waals surface area contributed by atoms with Crippen molar-refractivity contribution in [2.24, 2.45) is 0 Å². The number of hydrogen-bond donors (Lipinski definition) is 1. The Hall–Kier alpha value is -4.20. The SMILES string of the molecule is COc1ccc([C@H]2C3=C(CCCC3=O)Oc3ncn4nc(-c5ccccc5O)nc4c32)cc1. The minimum absolute atomic E-state index is 0.0742. The Morgan fingerprint density at radius 3 is 2.73 bits per heavy atom. The maximum Gasteiger partial charge on any atom is 0.228 e. The summed E-state index contributed by atoms with van der Waals surface area (Å²) in [6, 6.07) is 14.6. The molecule has 164 valence electrons. The third-order valence-corrected chi connectivity index (χ3v) is 6.19. The van der Waals surface area contributed by atoms with Gasteiger partial charge in [-0.05, 0) is 36.2 Å². The number of aromatic hydroxyl groups is 1. The molecule has 0 fully saturated rings. The van der Waals surface area contributed by atoms with Crippen molar-refractivity contribution in [3.05, 3.63) is 77.3 Å². The standard InChI is InChI=1S/C25H20N4O4/c1-32-15-11-9-14(10-12-15)20-21-18(31)7-4-8-19(21)33-25-22(20)24-27-23(28-29(24)13-26-25)16-5-2-3-6-17(16)30/h2-3,5-6,9-13,20,30H,4,7-8H2,1H3/t20-/m0/s1. The molecule has 1 aliphatic carbocycles. The molecule has 2 aliphatic rings. The number of fused-ring (bicyclic) bond motifs is 3. The molecule has 1 N–H and O–H groups in total. The number of hydrogen-bond acceptors (Lipinski definition) is 7. The Balaban J connectivity index is 1.60. The number of benzene rings is 2. The molecule has 0 spiro atoms. The minimum atomic E-state index is -0.389. The van der Waals surface area contributed by atoms with Gasteiger partial charge in [0, 0.05) is 24.3 Å². The number of nitrogens with zero attached hydrogens (tertiary/aromatic N) is 4. The smallest absolute Gasteiger partial charge is 0.228 e. The van der Waals surface area contributed by atoms with Crippen molar-refractivity contribution >= 4 is 11.4 Å². The molecule has 4 aromatic rings. The molecule has 8 heteroatoms. The van der Waals surface area contributed by atoms with Gasteiger partial charge in [-0.2, -0.15) is 0 Å². The number of aromatic nitrogens is 4. The molecule has 0 radical (unpaired) electrons. The number of para-hydroxylation sites is 1. The van der Waals surface area contributed by atoms with Crippen LogP contribution in [0.25, 0.3) is 17.0 Å². The predicted octanol–water partition coefficient (Wildman–Crippen LogP) is 4.04. The van der Waals surface area contributed by atoms with E-state index in [1.807, 2.05) is 30.3 Å². The van der Waals surface area contributed by atoms with E-state index >= 15 is 0 Å². The lowest BCUT2D eigenvalue weighted by Gasteiger charge is -2.32. The second kappa shape index (κ2) is 7.44. The first-order valence-electron chi connectivity index (χ1n) is 10.8. The summed E-state index contributed by atoms with van der Waals surface area (Å²) in [6.45, 7) is 0. The van der Waals surface area contributed by atoms with Gasteiger partial charge in [0.1, 0.15) is 23.6 Å². The van der Waals surface area contributed by atoms with Crippen LogP contribution in [0.2, 0.25) is 0 Å². The monoisotopic (exact) mass is 440 g/mol. The quantitative estimate of drug-likeness (QED) is 0.513. The third-order valence-electron chi connectivity index (χ3n) is 6.19. The molecule has 0 amide bonds. The number of phenolic OH excluding ortho intramolecular Hbond substituents is 1. The molecule has 0 unspecified atom stereocenters. The fourth-order valence-corrected chi connectivity index (χ4v) is 4.62. The summed E-state index contributed by atoms with van der Waals surface area (Å²) in [6.07, 6.45) is 3.48. The lowest BCUT2D eigenvalue weighted by molar-refractivity contribution is -0.116. The minimum Gasteiger partial charge on any atom is -0.507 e. The Labute approximate surface area is 189 Å². The van der Waals surface area contributed by atoms with Crippen LogP contribution in [-0.2, 0) is 4.79 Å². The maximum atomic E-state index is 13.1. The molecule has 2 aromatic heterocycles. The van der Waals surface area contributed by atoms with Gasteiger partial charge in [-0.15, -0.1) is 5.10 Å². The second-order valence-corrected chi connectivity index (χ2v) is 8.11. The molecule has 0 bridgehead atoms. The van der Waals surface area contributed by atoms with Gasteiger partial charge >= 0.3 is 0 Å². The van der Waals surface area contributed by atoms with Crippen molar-refractivity contribution in [2.75, 3.05) is 7.11 Å². The van der Waals surface area contributed by atoms with E-state index in [1.54, 1.807) is 36.2 Å². The second-order valence-electron chi connectivity index (χ2n) is 8.11. The average Bonchev–Trinajstić information content (AvgIpc) is 3.27. The maximum absolute atomic E-state index is 13.1. The van der Waals surface area contributed by atoms with Gasteiger partial charge in [0.05, 0.1) is 18.2 Å². The molecular formula is C25H20N4O4. The summed E-state index contributed by atoms with van der Waals surface area (Å²) in [5, 5.41) is 14.8. The molecule has 33 heavy (non-hydrogen) atoms. The number of methoxy groups -OCH3 is 1. The lowest BCUT2D eigenvalue weighted by atomic mass is 9.78. The predicted molar refractivity (Wildman–Crippen MR) is 119 cm³/mol. The highest BCUT2D eigenvalue weighted by Gasteiger charge is 2.39. The van der Waals surface area contributed by atoms with Crippen LogP contribution >= 0.6 is 0 Å². The Bertz CT molecular complexity index is 1440. The molecule has 0 saturated carbocycles. The summed E-state index contributed by atoms with van der Waals surface area (Å²) in [5.41, 5.74) is 3.31. The van der Waals surface area contributed by atoms with Crippen molar-refractivity contribution in [1.29, 1.82) is 0 Å². The van der Waals surface area contributed by atoms with Crippen molar-refractivity contribution in [3.63, 3.8) is 0 Å². The van der Waals surface area contributed by atoms with Crippen LogP contribution in [0.15, 0.2) is 66.2 Å². The van der Waals surface area contributed by atoms with Crippen molar-refractivity contribution in [3.8, 4) is 28.8 Å². The van der Waals surface area contributed by atoms with Crippen LogP contribution in [0.3, 0.4) is 0 Å². The van der Waals surface area contributed by atoms with E-state index in [1.165, 1.54) is 0 Å². The zero-order valence-electron chi connectivity index (χ0n) is 17.9. The molecular weight excluding hydrogens is 420 g/mol. The zero-order chi connectivity index (χ0) is 22.5. The number of rotatable bonds is 3. The molecule has 6 rings (SSSR count). The first-order valence-corrected chi connectivity index (χ1v) is 10.8. The number of Topliss-reactive ketones (excluding diaryl/α,β-unsaturated/α-hetero) is 1. The topological polar surface area (TPSA) is 98.8 Å². The summed E-state index contributed by atoms with van der Waals surface area (Å²) < 4.78 is 13.0. The number of ketones is 1. The first kappa shape index (κ1) is 19.5. The number of phenols is 1. The number of allylic oxidation sites excluding steroid dienone is 2. The first-order chi connectivity index (χ1) is 16.1. The largest absolute Gasteiger partial charge is 0.507 e. The van der Waals surface area contributed by atoms with Crippen LogP contribution in [0.5, 0.6) is 17.4 Å². The average molecular weight is 440 g/mol. The number of ether oxygens (including phenoxy) is 2. The fourth-order valence-electron chi connectivity index (χ4n) is 4.62. The Kier molecular flexibility index (Phi) is 4.39. The summed E-state index contributed by atoms with van der Waals surface area (Å²) in [5.74, 6) is 1.98. The van der Waals surface area contributed by atoms with E-state index in [9.17, 15) is 9.90 Å². The summed E-state index contributed by atoms with van der Waals surface area (Å²) >= 11 is 0. The van der Waals surface area contributed by atoms with Crippen LogP contribution in [-0.4, -0.2) is 37.6 Å². The summed E-state index contributed by atoms with van der Waals surface area (Å²) in [7, 11) is 1.62. The fraction of sp³-hybridized carbons (Fsp3) is 0.200. The normalized spacial score (nSPS) is 17.5. The van der Waals surface area contributed by atoms with E-state index in [0.717, 1.165) is 17.7 Å². The Morgan fingerprint density at radius 1 is 1.12 bits per heavy atom. The van der Waals surface area contributed by atoms with Gasteiger partial charge in [-0.3, -0.25) is 4.79 Å². The van der Waals surface area contributed by atoms with E-state index in [4.69, 9.17) is 14.5 Å². The van der Waals surface area contributed by atoms with Gasteiger partial charge < -0.3 is 14.6 Å². The number of carbonyl (C=O) groups is 1. The van der Waals surface area contributed by atoms with Crippen LogP contribution in [0.4, 0.5) is 0 Å².